The quantitative estimate of drug-likeness (QED) is 0.920. The van der Waals surface area contributed by atoms with Crippen molar-refractivity contribution < 1.29 is 0 Å². The van der Waals surface area contributed by atoms with Crippen LogP contribution in [-0.2, 0) is 0 Å². The van der Waals surface area contributed by atoms with Crippen LogP contribution in [0.5, 0.6) is 0 Å². The van der Waals surface area contributed by atoms with E-state index in [1.807, 2.05) is 0 Å². The molecule has 0 spiro atoms. The Hall–Kier alpha value is -0.680. The van der Waals surface area contributed by atoms with Crippen molar-refractivity contribution in [3.63, 3.8) is 0 Å². The van der Waals surface area contributed by atoms with Crippen molar-refractivity contribution in [1.29, 1.82) is 0 Å². The molecule has 0 amide bonds. The Kier molecular flexibility index (Phi) is 4.12. The Morgan fingerprint density at radius 3 is 2.62 bits per heavy atom. The van der Waals surface area contributed by atoms with Gasteiger partial charge in [0.25, 0.3) is 0 Å². The summed E-state index contributed by atoms with van der Waals surface area (Å²) in [4.78, 5) is 10.9. The zero-order valence-electron chi connectivity index (χ0n) is 9.49. The van der Waals surface area contributed by atoms with Crippen LogP contribution >= 0.6 is 15.9 Å². The molecule has 1 aliphatic heterocycles. The van der Waals surface area contributed by atoms with E-state index < -0.39 is 0 Å². The highest BCUT2D eigenvalue weighted by molar-refractivity contribution is 9.10. The highest BCUT2D eigenvalue weighted by Gasteiger charge is 2.17. The van der Waals surface area contributed by atoms with Crippen molar-refractivity contribution in [2.75, 3.05) is 25.0 Å². The van der Waals surface area contributed by atoms with E-state index in [2.05, 4.69) is 43.0 Å². The minimum Gasteiger partial charge on any atom is -0.353 e. The van der Waals surface area contributed by atoms with E-state index >= 15 is 0 Å². The molecule has 1 saturated heterocycles. The normalized spacial score (nSPS) is 18.6. The number of likely N-dealkylation sites (tertiary alicyclic amines) is 1. The van der Waals surface area contributed by atoms with E-state index in [1.54, 1.807) is 12.4 Å². The first-order valence-corrected chi connectivity index (χ1v) is 6.50. The molecule has 1 atom stereocenters. The third-order valence-corrected chi connectivity index (χ3v) is 3.35. The smallest absolute Gasteiger partial charge is 0.222 e. The van der Waals surface area contributed by atoms with Gasteiger partial charge in [0.1, 0.15) is 0 Å². The van der Waals surface area contributed by atoms with E-state index in [9.17, 15) is 0 Å². The predicted molar refractivity (Wildman–Crippen MR) is 68.5 cm³/mol. The van der Waals surface area contributed by atoms with Crippen LogP contribution in [0.2, 0.25) is 0 Å². The molecular weight excluding hydrogens is 268 g/mol. The lowest BCUT2D eigenvalue weighted by molar-refractivity contribution is 0.269. The van der Waals surface area contributed by atoms with E-state index in [0.29, 0.717) is 12.0 Å². The Balaban J connectivity index is 1.80. The molecule has 1 aromatic rings. The minimum absolute atomic E-state index is 0.551. The van der Waals surface area contributed by atoms with Gasteiger partial charge in [0.15, 0.2) is 0 Å². The summed E-state index contributed by atoms with van der Waals surface area (Å²) in [7, 11) is 0. The number of nitrogens with one attached hydrogen (secondary N) is 1. The van der Waals surface area contributed by atoms with Gasteiger partial charge in [-0.05, 0) is 48.8 Å². The van der Waals surface area contributed by atoms with E-state index in [-0.39, 0.29) is 0 Å². The second-order valence-corrected chi connectivity index (χ2v) is 5.11. The maximum atomic E-state index is 4.19. The van der Waals surface area contributed by atoms with Gasteiger partial charge < -0.3 is 5.32 Å². The van der Waals surface area contributed by atoms with Crippen molar-refractivity contribution in [2.45, 2.75) is 25.8 Å². The average Bonchev–Trinajstić information content (AvgIpc) is 2.81. The summed E-state index contributed by atoms with van der Waals surface area (Å²) in [6.07, 6.45) is 6.18. The van der Waals surface area contributed by atoms with Gasteiger partial charge in [0.05, 0.1) is 4.47 Å². The lowest BCUT2D eigenvalue weighted by Gasteiger charge is -2.23. The lowest BCUT2D eigenvalue weighted by atomic mass is 10.3. The van der Waals surface area contributed by atoms with Crippen LogP contribution in [0.3, 0.4) is 0 Å². The summed E-state index contributed by atoms with van der Waals surface area (Å²) in [5.74, 6) is 0.703. The van der Waals surface area contributed by atoms with Gasteiger partial charge >= 0.3 is 0 Å². The van der Waals surface area contributed by atoms with Gasteiger partial charge in [0.2, 0.25) is 5.95 Å². The van der Waals surface area contributed by atoms with Crippen molar-refractivity contribution in [3.05, 3.63) is 16.9 Å². The molecule has 0 radical (unpaired) electrons. The molecule has 1 aromatic heterocycles. The Morgan fingerprint density at radius 2 is 2.00 bits per heavy atom. The van der Waals surface area contributed by atoms with Gasteiger partial charge in [-0.2, -0.15) is 0 Å². The predicted octanol–water partition coefficient (Wildman–Crippen LogP) is 2.14. The molecule has 2 heterocycles. The van der Waals surface area contributed by atoms with E-state index in [0.717, 1.165) is 11.0 Å². The van der Waals surface area contributed by atoms with Gasteiger partial charge in [-0.1, -0.05) is 0 Å². The monoisotopic (exact) mass is 284 g/mol. The fourth-order valence-corrected chi connectivity index (χ4v) is 2.16. The zero-order valence-corrected chi connectivity index (χ0v) is 11.1. The lowest BCUT2D eigenvalue weighted by Crippen LogP contribution is -2.35. The molecule has 0 bridgehead atoms. The van der Waals surface area contributed by atoms with Crippen molar-refractivity contribution in [1.82, 2.24) is 14.9 Å². The Morgan fingerprint density at radius 1 is 1.38 bits per heavy atom. The second kappa shape index (κ2) is 5.59. The van der Waals surface area contributed by atoms with E-state index in [4.69, 9.17) is 0 Å². The average molecular weight is 285 g/mol. The van der Waals surface area contributed by atoms with Crippen LogP contribution < -0.4 is 5.32 Å². The number of aromatic nitrogens is 2. The standard InChI is InChI=1S/C11H17BrN4/c1-9(16-4-2-3-5-16)6-13-11-14-7-10(12)8-15-11/h7-9H,2-6H2,1H3,(H,13,14,15). The van der Waals surface area contributed by atoms with Crippen LogP contribution in [0.25, 0.3) is 0 Å². The molecule has 1 unspecified atom stereocenters. The zero-order chi connectivity index (χ0) is 11.4. The molecule has 0 saturated carbocycles. The van der Waals surface area contributed by atoms with Crippen LogP contribution in [0.1, 0.15) is 19.8 Å². The molecule has 0 aromatic carbocycles. The highest BCUT2D eigenvalue weighted by Crippen LogP contribution is 2.12. The minimum atomic E-state index is 0.551. The number of nitrogens with zero attached hydrogens (tertiary/aromatic N) is 3. The molecule has 88 valence electrons. The molecule has 16 heavy (non-hydrogen) atoms. The number of hydrogen-bond donors (Lipinski definition) is 1. The highest BCUT2D eigenvalue weighted by atomic mass is 79.9. The van der Waals surface area contributed by atoms with Gasteiger partial charge in [-0.3, -0.25) is 4.90 Å². The first-order valence-electron chi connectivity index (χ1n) is 5.71. The van der Waals surface area contributed by atoms with Crippen molar-refractivity contribution in [3.8, 4) is 0 Å². The van der Waals surface area contributed by atoms with Gasteiger partial charge in [0, 0.05) is 25.0 Å². The summed E-state index contributed by atoms with van der Waals surface area (Å²) in [6, 6.07) is 0.551. The van der Waals surface area contributed by atoms with Crippen molar-refractivity contribution in [2.24, 2.45) is 0 Å². The second-order valence-electron chi connectivity index (χ2n) is 4.20. The Labute approximate surface area is 105 Å². The Bertz CT molecular complexity index is 321. The molecule has 1 N–H and O–H groups in total. The summed E-state index contributed by atoms with van der Waals surface area (Å²) in [5, 5.41) is 3.26. The number of rotatable bonds is 4. The fraction of sp³-hybridized carbons (Fsp3) is 0.636. The maximum absolute atomic E-state index is 4.19. The summed E-state index contributed by atoms with van der Waals surface area (Å²) >= 11 is 3.32. The molecule has 5 heteroatoms. The SMILES string of the molecule is CC(CNc1ncc(Br)cn1)N1CCCC1. The van der Waals surface area contributed by atoms with Crippen LogP contribution in [0.4, 0.5) is 5.95 Å². The largest absolute Gasteiger partial charge is 0.353 e. The fourth-order valence-electron chi connectivity index (χ4n) is 1.95. The summed E-state index contributed by atoms with van der Waals surface area (Å²) < 4.78 is 0.908. The van der Waals surface area contributed by atoms with Crippen LogP contribution in [0, 0.1) is 0 Å². The van der Waals surface area contributed by atoms with Crippen molar-refractivity contribution >= 4 is 21.9 Å². The molecule has 1 aliphatic rings. The molecule has 1 fully saturated rings. The summed E-state index contributed by atoms with van der Waals surface area (Å²) in [6.45, 7) is 5.60. The van der Waals surface area contributed by atoms with Crippen LogP contribution in [-0.4, -0.2) is 40.5 Å². The molecule has 4 nitrogen and oxygen atoms in total. The first kappa shape index (κ1) is 11.8. The van der Waals surface area contributed by atoms with Gasteiger partial charge in [-0.25, -0.2) is 9.97 Å². The molecular formula is C11H17BrN4. The summed E-state index contributed by atoms with van der Waals surface area (Å²) in [5.41, 5.74) is 0. The number of anilines is 1. The third kappa shape index (κ3) is 3.15. The van der Waals surface area contributed by atoms with Gasteiger partial charge in [-0.15, -0.1) is 0 Å². The number of hydrogen-bond acceptors (Lipinski definition) is 4. The number of halogens is 1. The first-order chi connectivity index (χ1) is 7.75. The molecule has 0 aliphatic carbocycles. The molecule has 2 rings (SSSR count). The topological polar surface area (TPSA) is 41.1 Å². The maximum Gasteiger partial charge on any atom is 0.222 e. The van der Waals surface area contributed by atoms with Crippen LogP contribution in [0.15, 0.2) is 16.9 Å². The van der Waals surface area contributed by atoms with E-state index in [1.165, 1.54) is 25.9 Å². The third-order valence-electron chi connectivity index (χ3n) is 2.94.